The predicted octanol–water partition coefficient (Wildman–Crippen LogP) is 11.7. The lowest BCUT2D eigenvalue weighted by Crippen LogP contribution is -2.60. The van der Waals surface area contributed by atoms with Crippen molar-refractivity contribution in [1.82, 2.24) is 5.32 Å². The summed E-state index contributed by atoms with van der Waals surface area (Å²) in [6.45, 7) is 3.46. The number of rotatable bonds is 49. The summed E-state index contributed by atoms with van der Waals surface area (Å²) in [5.41, 5.74) is 0. The number of ether oxygens (including phenoxy) is 2. The van der Waals surface area contributed by atoms with Crippen molar-refractivity contribution >= 4 is 5.91 Å². The SMILES string of the molecule is CCCCCCCCCC/C=C/CC/C=C/CCCC(O)C(O)C(COC1OC(CO)C(O)C(O)C1O)NC(=O)C(O)CCCCCCCCCCCCCCCCCCCCCCCCCC. The third kappa shape index (κ3) is 34.8. The predicted molar refractivity (Wildman–Crippen MR) is 279 cm³/mol. The molecule has 0 saturated carbocycles. The number of nitrogens with one attached hydrogen (secondary N) is 1. The molecule has 0 aliphatic carbocycles. The Morgan fingerprint density at radius 3 is 1.31 bits per heavy atom. The molecule has 0 radical (unpaired) electrons. The van der Waals surface area contributed by atoms with E-state index >= 15 is 0 Å². The van der Waals surface area contributed by atoms with Crippen LogP contribution in [0.4, 0.5) is 0 Å². The maximum atomic E-state index is 13.2. The average Bonchev–Trinajstić information content (AvgIpc) is 3.34. The molecule has 0 aromatic carbocycles. The van der Waals surface area contributed by atoms with Crippen molar-refractivity contribution < 1.29 is 50.0 Å². The lowest BCUT2D eigenvalue weighted by molar-refractivity contribution is -0.303. The topological polar surface area (TPSA) is 189 Å². The summed E-state index contributed by atoms with van der Waals surface area (Å²) in [5.74, 6) is -0.706. The molecule has 0 aromatic rings. The minimum absolute atomic E-state index is 0.249. The molecule has 0 spiro atoms. The highest BCUT2D eigenvalue weighted by atomic mass is 16.7. The van der Waals surface area contributed by atoms with Crippen molar-refractivity contribution in [3.63, 3.8) is 0 Å². The zero-order valence-corrected chi connectivity index (χ0v) is 43.9. The Labute approximate surface area is 416 Å². The molecular formula is C57H109NO10. The first-order valence-corrected chi connectivity index (χ1v) is 28.7. The van der Waals surface area contributed by atoms with Crippen molar-refractivity contribution in [2.45, 2.75) is 319 Å². The minimum atomic E-state index is -1.67. The summed E-state index contributed by atoms with van der Waals surface area (Å²) in [4.78, 5) is 13.2. The lowest BCUT2D eigenvalue weighted by atomic mass is 9.98. The quantitative estimate of drug-likeness (QED) is 0.0215. The van der Waals surface area contributed by atoms with Crippen LogP contribution in [-0.4, -0.2) is 110 Å². The monoisotopic (exact) mass is 968 g/mol. The number of aliphatic hydroxyl groups excluding tert-OH is 7. The molecular weight excluding hydrogens is 859 g/mol. The molecule has 11 heteroatoms. The number of amides is 1. The van der Waals surface area contributed by atoms with Crippen LogP contribution in [0.25, 0.3) is 0 Å². The third-order valence-electron chi connectivity index (χ3n) is 14.0. The van der Waals surface area contributed by atoms with E-state index in [1.807, 2.05) is 0 Å². The molecule has 8 N–H and O–H groups in total. The van der Waals surface area contributed by atoms with E-state index in [1.54, 1.807) is 0 Å². The van der Waals surface area contributed by atoms with E-state index < -0.39 is 74.2 Å². The van der Waals surface area contributed by atoms with E-state index in [2.05, 4.69) is 43.5 Å². The number of aliphatic hydroxyl groups is 7. The van der Waals surface area contributed by atoms with Gasteiger partial charge in [0.05, 0.1) is 25.4 Å². The first-order valence-electron chi connectivity index (χ1n) is 28.7. The summed E-state index contributed by atoms with van der Waals surface area (Å²) in [5, 5.41) is 76.0. The van der Waals surface area contributed by atoms with E-state index in [-0.39, 0.29) is 12.8 Å². The van der Waals surface area contributed by atoms with E-state index in [4.69, 9.17) is 9.47 Å². The molecule has 11 nitrogen and oxygen atoms in total. The summed E-state index contributed by atoms with van der Waals surface area (Å²) in [7, 11) is 0. The fourth-order valence-electron chi connectivity index (χ4n) is 9.28. The maximum absolute atomic E-state index is 13.2. The van der Waals surface area contributed by atoms with Crippen molar-refractivity contribution in [3.8, 4) is 0 Å². The second-order valence-electron chi connectivity index (χ2n) is 20.4. The number of hydrogen-bond donors (Lipinski definition) is 8. The summed E-state index contributed by atoms with van der Waals surface area (Å²) < 4.78 is 11.1. The number of carbonyl (C=O) groups excluding carboxylic acids is 1. The Bertz CT molecular complexity index is 1160. The van der Waals surface area contributed by atoms with Gasteiger partial charge < -0.3 is 50.5 Å². The standard InChI is InChI=1S/C57H109NO10/c1-3-5-7-9-11-13-15-17-19-21-22-23-24-25-26-27-29-31-33-35-37-39-41-43-45-50(61)56(66)58-48(47-67-57-55(65)54(64)53(63)51(46-59)68-57)52(62)49(60)44-42-40-38-36-34-32-30-28-20-18-16-14-12-10-8-6-4-2/h28,30,36,38,48-55,57,59-65H,3-27,29,31-35,37,39-47H2,1-2H3,(H,58,66)/b30-28+,38-36+. The normalized spacial score (nSPS) is 20.6. The molecule has 0 bridgehead atoms. The van der Waals surface area contributed by atoms with E-state index in [1.165, 1.54) is 180 Å². The van der Waals surface area contributed by atoms with Gasteiger partial charge in [0.15, 0.2) is 6.29 Å². The van der Waals surface area contributed by atoms with Gasteiger partial charge in [-0.1, -0.05) is 237 Å². The summed E-state index contributed by atoms with van der Waals surface area (Å²) in [6, 6.07) is -1.19. The van der Waals surface area contributed by atoms with Gasteiger partial charge in [-0.2, -0.15) is 0 Å². The van der Waals surface area contributed by atoms with Crippen LogP contribution in [0.1, 0.15) is 264 Å². The molecule has 9 unspecified atom stereocenters. The lowest BCUT2D eigenvalue weighted by Gasteiger charge is -2.40. The van der Waals surface area contributed by atoms with Gasteiger partial charge in [0.2, 0.25) is 5.91 Å². The van der Waals surface area contributed by atoms with Crippen LogP contribution in [0.15, 0.2) is 24.3 Å². The van der Waals surface area contributed by atoms with E-state index in [0.717, 1.165) is 38.5 Å². The highest BCUT2D eigenvalue weighted by Gasteiger charge is 2.44. The fraction of sp³-hybridized carbons (Fsp3) is 0.912. The van der Waals surface area contributed by atoms with Crippen molar-refractivity contribution in [1.29, 1.82) is 0 Å². The van der Waals surface area contributed by atoms with Gasteiger partial charge >= 0.3 is 0 Å². The first-order chi connectivity index (χ1) is 33.2. The zero-order valence-electron chi connectivity index (χ0n) is 43.9. The molecule has 1 heterocycles. The minimum Gasteiger partial charge on any atom is -0.394 e. The van der Waals surface area contributed by atoms with E-state index in [0.29, 0.717) is 19.3 Å². The molecule has 402 valence electrons. The Morgan fingerprint density at radius 1 is 0.500 bits per heavy atom. The number of carbonyl (C=O) groups is 1. The third-order valence-corrected chi connectivity index (χ3v) is 14.0. The number of unbranched alkanes of at least 4 members (excludes halogenated alkanes) is 33. The fourth-order valence-corrected chi connectivity index (χ4v) is 9.28. The summed E-state index contributed by atoms with van der Waals surface area (Å²) >= 11 is 0. The molecule has 68 heavy (non-hydrogen) atoms. The summed E-state index contributed by atoms with van der Waals surface area (Å²) in [6.07, 6.45) is 43.8. The smallest absolute Gasteiger partial charge is 0.249 e. The molecule has 9 atom stereocenters. The molecule has 1 fully saturated rings. The molecule has 1 rings (SSSR count). The van der Waals surface area contributed by atoms with Crippen molar-refractivity contribution in [2.24, 2.45) is 0 Å². The van der Waals surface area contributed by atoms with Crippen molar-refractivity contribution in [3.05, 3.63) is 24.3 Å². The van der Waals surface area contributed by atoms with Gasteiger partial charge in [0.25, 0.3) is 0 Å². The molecule has 1 aliphatic rings. The Hall–Kier alpha value is -1.41. The van der Waals surface area contributed by atoms with Crippen LogP contribution < -0.4 is 5.32 Å². The van der Waals surface area contributed by atoms with Crippen LogP contribution in [0.2, 0.25) is 0 Å². The highest BCUT2D eigenvalue weighted by Crippen LogP contribution is 2.23. The van der Waals surface area contributed by atoms with Gasteiger partial charge in [-0.15, -0.1) is 0 Å². The van der Waals surface area contributed by atoms with Gasteiger partial charge in [0.1, 0.15) is 36.6 Å². The Kier molecular flexibility index (Phi) is 44.3. The second kappa shape index (κ2) is 46.6. The van der Waals surface area contributed by atoms with Crippen LogP contribution in [0.3, 0.4) is 0 Å². The average molecular weight is 968 g/mol. The molecule has 1 amide bonds. The maximum Gasteiger partial charge on any atom is 0.249 e. The molecule has 1 saturated heterocycles. The number of hydrogen-bond acceptors (Lipinski definition) is 10. The van der Waals surface area contributed by atoms with Crippen LogP contribution >= 0.6 is 0 Å². The largest absolute Gasteiger partial charge is 0.394 e. The first kappa shape index (κ1) is 64.6. The Balaban J connectivity index is 2.32. The van der Waals surface area contributed by atoms with Crippen molar-refractivity contribution in [2.75, 3.05) is 13.2 Å². The van der Waals surface area contributed by atoms with Gasteiger partial charge in [-0.3, -0.25) is 4.79 Å². The van der Waals surface area contributed by atoms with Gasteiger partial charge in [-0.05, 0) is 51.4 Å². The van der Waals surface area contributed by atoms with Gasteiger partial charge in [-0.25, -0.2) is 0 Å². The number of allylic oxidation sites excluding steroid dienone is 4. The molecule has 1 aliphatic heterocycles. The zero-order chi connectivity index (χ0) is 49.7. The second-order valence-corrected chi connectivity index (χ2v) is 20.4. The van der Waals surface area contributed by atoms with Crippen LogP contribution in [0.5, 0.6) is 0 Å². The van der Waals surface area contributed by atoms with Crippen LogP contribution in [0, 0.1) is 0 Å². The molecule has 0 aromatic heterocycles. The van der Waals surface area contributed by atoms with E-state index in [9.17, 15) is 40.5 Å². The van der Waals surface area contributed by atoms with Gasteiger partial charge in [0, 0.05) is 0 Å². The van der Waals surface area contributed by atoms with Crippen LogP contribution in [-0.2, 0) is 14.3 Å². The highest BCUT2D eigenvalue weighted by molar-refractivity contribution is 5.80. The Morgan fingerprint density at radius 2 is 0.882 bits per heavy atom.